The molecule has 1 fully saturated rings. The van der Waals surface area contributed by atoms with Gasteiger partial charge in [-0.2, -0.15) is 4.31 Å². The number of nitrogens with zero attached hydrogens (tertiary/aromatic N) is 5. The van der Waals surface area contributed by atoms with Crippen molar-refractivity contribution < 1.29 is 13.8 Å². The van der Waals surface area contributed by atoms with Gasteiger partial charge in [0.05, 0.1) is 20.9 Å². The molecule has 2 unspecified atom stereocenters. The summed E-state index contributed by atoms with van der Waals surface area (Å²) in [6.45, 7) is 6.46. The first kappa shape index (κ1) is 24.0. The van der Waals surface area contributed by atoms with Crippen LogP contribution in [0.15, 0.2) is 65.7 Å². The van der Waals surface area contributed by atoms with Crippen molar-refractivity contribution >= 4 is 38.6 Å². The smallest absolute Gasteiger partial charge is 0.253 e. The second kappa shape index (κ2) is 9.71. The molecule has 10 heteroatoms. The fourth-order valence-electron chi connectivity index (χ4n) is 4.24. The van der Waals surface area contributed by atoms with Crippen molar-refractivity contribution in [3.63, 3.8) is 0 Å². The molecule has 2 aliphatic rings. The van der Waals surface area contributed by atoms with E-state index in [2.05, 4.69) is 15.3 Å². The summed E-state index contributed by atoms with van der Waals surface area (Å²) in [5.74, 6) is 0.437. The van der Waals surface area contributed by atoms with Crippen LogP contribution in [0.5, 0.6) is 0 Å². The van der Waals surface area contributed by atoms with E-state index in [0.717, 1.165) is 28.4 Å². The Kier molecular flexibility index (Phi) is 6.46. The summed E-state index contributed by atoms with van der Waals surface area (Å²) >= 11 is 0. The lowest BCUT2D eigenvalue weighted by atomic mass is 10.1. The van der Waals surface area contributed by atoms with Gasteiger partial charge < -0.3 is 15.1 Å². The number of rotatable bonds is 6. The molecule has 0 radical (unpaired) electrons. The third-order valence-corrected chi connectivity index (χ3v) is 8.75. The van der Waals surface area contributed by atoms with E-state index in [9.17, 15) is 13.8 Å². The Bertz CT molecular complexity index is 1410. The van der Waals surface area contributed by atoms with Gasteiger partial charge in [-0.3, -0.25) is 9.59 Å². The first-order valence-electron chi connectivity index (χ1n) is 11.9. The minimum absolute atomic E-state index is 0.0397. The van der Waals surface area contributed by atoms with E-state index in [-0.39, 0.29) is 11.8 Å². The van der Waals surface area contributed by atoms with E-state index in [1.54, 1.807) is 40.5 Å². The predicted molar refractivity (Wildman–Crippen MR) is 140 cm³/mol. The second-order valence-corrected chi connectivity index (χ2v) is 11.0. The molecule has 2 amide bonds. The lowest BCUT2D eigenvalue weighted by Gasteiger charge is -2.34. The van der Waals surface area contributed by atoms with Crippen molar-refractivity contribution in [2.45, 2.75) is 18.7 Å². The summed E-state index contributed by atoms with van der Waals surface area (Å²) in [6.07, 6.45) is 1.69. The van der Waals surface area contributed by atoms with Crippen LogP contribution in [0.25, 0.3) is 11.3 Å². The van der Waals surface area contributed by atoms with Gasteiger partial charge >= 0.3 is 0 Å². The summed E-state index contributed by atoms with van der Waals surface area (Å²) in [4.78, 5) is 37.6. The maximum atomic E-state index is 12.8. The zero-order valence-electron chi connectivity index (χ0n) is 20.3. The molecule has 3 aromatic rings. The first-order valence-corrected chi connectivity index (χ1v) is 13.5. The van der Waals surface area contributed by atoms with E-state index >= 15 is 0 Å². The Labute approximate surface area is 210 Å². The molecule has 2 atom stereocenters. The highest BCUT2D eigenvalue weighted by molar-refractivity contribution is 8.06. The van der Waals surface area contributed by atoms with Crippen molar-refractivity contribution in [3.8, 4) is 11.3 Å². The van der Waals surface area contributed by atoms with E-state index in [4.69, 9.17) is 0 Å². The Morgan fingerprint density at radius 1 is 0.944 bits per heavy atom. The molecule has 1 saturated heterocycles. The zero-order chi connectivity index (χ0) is 25.3. The summed E-state index contributed by atoms with van der Waals surface area (Å²) in [6, 6.07) is 16.6. The van der Waals surface area contributed by atoms with Gasteiger partial charge in [0, 0.05) is 67.6 Å². The van der Waals surface area contributed by atoms with Crippen molar-refractivity contribution in [1.29, 1.82) is 0 Å². The molecule has 9 nitrogen and oxygen atoms in total. The Balaban J connectivity index is 1.23. The van der Waals surface area contributed by atoms with Gasteiger partial charge in [0.15, 0.2) is 0 Å². The molecule has 36 heavy (non-hydrogen) atoms. The number of anilines is 2. The van der Waals surface area contributed by atoms with E-state index in [1.807, 2.05) is 53.7 Å². The second-order valence-electron chi connectivity index (χ2n) is 8.70. The van der Waals surface area contributed by atoms with Gasteiger partial charge in [-0.1, -0.05) is 19.1 Å². The van der Waals surface area contributed by atoms with Crippen LogP contribution in [-0.2, 0) is 14.5 Å². The van der Waals surface area contributed by atoms with Crippen molar-refractivity contribution in [3.05, 3.63) is 66.4 Å². The number of carbonyl (C=O) groups excluding carboxylic acids is 2. The Morgan fingerprint density at radius 2 is 1.61 bits per heavy atom. The number of hydrogen-bond donors (Lipinski definition) is 1. The van der Waals surface area contributed by atoms with Crippen LogP contribution in [-0.4, -0.2) is 78.3 Å². The van der Waals surface area contributed by atoms with Crippen LogP contribution in [0.3, 0.4) is 0 Å². The molecule has 186 valence electrons. The number of benzene rings is 2. The highest BCUT2D eigenvalue weighted by Gasteiger charge is 2.30. The molecule has 3 heterocycles. The van der Waals surface area contributed by atoms with Crippen LogP contribution >= 0.6 is 0 Å². The summed E-state index contributed by atoms with van der Waals surface area (Å²) in [5.41, 5.74) is 4.79. The Morgan fingerprint density at radius 3 is 2.22 bits per heavy atom. The zero-order valence-corrected chi connectivity index (χ0v) is 21.1. The SMILES string of the molecule is CCN1C=S1(=O)c1ccc(-c2ccnc(Nc3ccc(C(=O)N4CCN(C(C)=O)CC4)cc3)n2)cc1. The van der Waals surface area contributed by atoms with Gasteiger partial charge in [0.2, 0.25) is 11.9 Å². The van der Waals surface area contributed by atoms with E-state index in [0.29, 0.717) is 37.7 Å². The third-order valence-electron chi connectivity index (χ3n) is 6.42. The van der Waals surface area contributed by atoms with Crippen LogP contribution < -0.4 is 5.32 Å². The molecule has 5 rings (SSSR count). The number of aromatic nitrogens is 2. The predicted octanol–water partition coefficient (Wildman–Crippen LogP) is 2.85. The third kappa shape index (κ3) is 4.82. The number of piperazine rings is 1. The van der Waals surface area contributed by atoms with Crippen molar-refractivity contribution in [2.24, 2.45) is 0 Å². The summed E-state index contributed by atoms with van der Waals surface area (Å²) < 4.78 is 14.6. The quantitative estimate of drug-likeness (QED) is 0.519. The van der Waals surface area contributed by atoms with Gasteiger partial charge in [-0.05, 0) is 42.5 Å². The normalized spacial score (nSPS) is 21.0. The largest absolute Gasteiger partial charge is 0.339 e. The number of carbonyl (C=O) groups is 2. The minimum Gasteiger partial charge on any atom is -0.339 e. The van der Waals surface area contributed by atoms with Crippen LogP contribution in [0.1, 0.15) is 24.2 Å². The maximum Gasteiger partial charge on any atom is 0.253 e. The molecule has 0 bridgehead atoms. The molecular weight excluding hydrogens is 476 g/mol. The minimum atomic E-state index is -2.14. The Hall–Kier alpha value is -3.76. The molecule has 0 aliphatic carbocycles. The average molecular weight is 505 g/mol. The lowest BCUT2D eigenvalue weighted by molar-refractivity contribution is -0.130. The van der Waals surface area contributed by atoms with Crippen LogP contribution in [0, 0.1) is 0 Å². The highest BCUT2D eigenvalue weighted by atomic mass is 32.2. The fourth-order valence-corrected chi connectivity index (χ4v) is 6.20. The molecular formula is C26H28N6O3S. The molecule has 1 aromatic heterocycles. The maximum absolute atomic E-state index is 12.8. The summed E-state index contributed by atoms with van der Waals surface area (Å²) in [7, 11) is -2.14. The number of hydrogen-bond acceptors (Lipinski definition) is 6. The summed E-state index contributed by atoms with van der Waals surface area (Å²) in [5, 5.41) is 3.19. The van der Waals surface area contributed by atoms with Gasteiger partial charge in [0.1, 0.15) is 0 Å². The highest BCUT2D eigenvalue weighted by Crippen LogP contribution is 2.27. The molecule has 0 spiro atoms. The number of nitrogens with one attached hydrogen (secondary N) is 1. The average Bonchev–Trinajstić information content (AvgIpc) is 3.60. The lowest BCUT2D eigenvalue weighted by Crippen LogP contribution is -2.50. The molecule has 2 aromatic carbocycles. The fraction of sp³-hybridized carbons (Fsp3) is 0.269. The molecule has 0 saturated carbocycles. The topological polar surface area (TPSA) is 98.5 Å². The van der Waals surface area contributed by atoms with Crippen molar-refractivity contribution in [2.75, 3.05) is 38.0 Å². The van der Waals surface area contributed by atoms with Crippen molar-refractivity contribution in [1.82, 2.24) is 24.1 Å². The van der Waals surface area contributed by atoms with Gasteiger partial charge in [0.25, 0.3) is 5.91 Å². The standard InChI is InChI=1S/C26H28N6O3S/c1-3-32-18-36(32,35)23-10-6-20(7-11-23)24-12-13-27-26(29-24)28-22-8-4-21(5-9-22)25(34)31-16-14-30(15-17-31)19(2)33/h4-13,18H,3,14-17H2,1-2H3,(H,27,28,29). The van der Waals surface area contributed by atoms with E-state index in [1.165, 1.54) is 0 Å². The van der Waals surface area contributed by atoms with Crippen LogP contribution in [0.4, 0.5) is 11.6 Å². The van der Waals surface area contributed by atoms with Gasteiger partial charge in [-0.15, -0.1) is 0 Å². The first-order chi connectivity index (χ1) is 17.4. The monoisotopic (exact) mass is 504 g/mol. The number of amides is 2. The molecule has 1 N–H and O–H groups in total. The van der Waals surface area contributed by atoms with Crippen LogP contribution in [0.2, 0.25) is 0 Å². The molecule has 2 aliphatic heterocycles. The van der Waals surface area contributed by atoms with Gasteiger partial charge in [-0.25, -0.2) is 14.2 Å². The van der Waals surface area contributed by atoms with E-state index < -0.39 is 9.71 Å².